The molecule has 1 atom stereocenters. The second-order valence-corrected chi connectivity index (χ2v) is 4.75. The molecule has 90 valence electrons. The molecule has 3 N–H and O–H groups in total. The molecule has 0 saturated carbocycles. The summed E-state index contributed by atoms with van der Waals surface area (Å²) >= 11 is 1.30. The first-order valence-electron chi connectivity index (χ1n) is 5.19. The van der Waals surface area contributed by atoms with E-state index in [1.807, 2.05) is 13.0 Å². The fourth-order valence-electron chi connectivity index (χ4n) is 1.51. The molecule has 0 spiro atoms. The van der Waals surface area contributed by atoms with E-state index in [1.54, 1.807) is 13.0 Å². The zero-order valence-electron chi connectivity index (χ0n) is 9.57. The fourth-order valence-corrected chi connectivity index (χ4v) is 2.52. The van der Waals surface area contributed by atoms with Crippen LogP contribution in [0.3, 0.4) is 0 Å². The van der Waals surface area contributed by atoms with Crippen LogP contribution in [0.1, 0.15) is 24.4 Å². The van der Waals surface area contributed by atoms with Gasteiger partial charge in [-0.1, -0.05) is 6.07 Å². The van der Waals surface area contributed by atoms with Crippen molar-refractivity contribution in [1.29, 1.82) is 0 Å². The van der Waals surface area contributed by atoms with Gasteiger partial charge in [-0.3, -0.25) is 5.10 Å². The number of nitrogens with zero attached hydrogens (tertiary/aromatic N) is 2. The molecule has 0 radical (unpaired) electrons. The van der Waals surface area contributed by atoms with Crippen LogP contribution in [0.15, 0.2) is 28.3 Å². The minimum Gasteiger partial charge on any atom is -0.324 e. The van der Waals surface area contributed by atoms with Crippen LogP contribution in [0.25, 0.3) is 0 Å². The smallest absolute Gasteiger partial charge is 0.213 e. The summed E-state index contributed by atoms with van der Waals surface area (Å²) < 4.78 is 13.7. The fraction of sp³-hybridized carbons (Fsp3) is 0.273. The van der Waals surface area contributed by atoms with Gasteiger partial charge in [0.1, 0.15) is 11.6 Å². The third kappa shape index (κ3) is 2.65. The van der Waals surface area contributed by atoms with Gasteiger partial charge >= 0.3 is 0 Å². The summed E-state index contributed by atoms with van der Waals surface area (Å²) in [6, 6.07) is 4.52. The molecule has 2 aromatic rings. The Morgan fingerprint density at radius 1 is 1.47 bits per heavy atom. The molecular formula is C11H13FN4S. The summed E-state index contributed by atoms with van der Waals surface area (Å²) in [4.78, 5) is 4.92. The van der Waals surface area contributed by atoms with Gasteiger partial charge < -0.3 is 5.73 Å². The molecule has 6 heteroatoms. The first-order valence-corrected chi connectivity index (χ1v) is 6.00. The molecule has 0 saturated heterocycles. The molecular weight excluding hydrogens is 239 g/mol. The lowest BCUT2D eigenvalue weighted by Gasteiger charge is -2.11. The van der Waals surface area contributed by atoms with Gasteiger partial charge in [0.25, 0.3) is 0 Å². The van der Waals surface area contributed by atoms with Crippen molar-refractivity contribution in [3.05, 3.63) is 35.4 Å². The monoisotopic (exact) mass is 252 g/mol. The Morgan fingerprint density at radius 3 is 2.82 bits per heavy atom. The predicted octanol–water partition coefficient (Wildman–Crippen LogP) is 2.42. The van der Waals surface area contributed by atoms with Crippen LogP contribution in [0.4, 0.5) is 4.39 Å². The second kappa shape index (κ2) is 4.85. The third-order valence-electron chi connectivity index (χ3n) is 2.25. The summed E-state index contributed by atoms with van der Waals surface area (Å²) in [6.07, 6.45) is 0. The van der Waals surface area contributed by atoms with E-state index in [4.69, 9.17) is 5.73 Å². The quantitative estimate of drug-likeness (QED) is 0.880. The number of rotatable bonds is 3. The molecule has 0 bridgehead atoms. The lowest BCUT2D eigenvalue weighted by molar-refractivity contribution is 0.585. The lowest BCUT2D eigenvalue weighted by Crippen LogP contribution is -2.09. The van der Waals surface area contributed by atoms with Crippen LogP contribution >= 0.6 is 11.8 Å². The Hall–Kier alpha value is -1.40. The number of halogens is 1. The summed E-state index contributed by atoms with van der Waals surface area (Å²) in [5.41, 5.74) is 6.27. The number of hydrogen-bond acceptors (Lipinski definition) is 4. The van der Waals surface area contributed by atoms with E-state index in [2.05, 4.69) is 15.2 Å². The summed E-state index contributed by atoms with van der Waals surface area (Å²) in [6.45, 7) is 3.57. The minimum atomic E-state index is -0.362. The Bertz CT molecular complexity index is 524. The Morgan fingerprint density at radius 2 is 2.24 bits per heavy atom. The molecule has 4 nitrogen and oxygen atoms in total. The van der Waals surface area contributed by atoms with E-state index < -0.39 is 0 Å². The van der Waals surface area contributed by atoms with Gasteiger partial charge in [0.15, 0.2) is 0 Å². The van der Waals surface area contributed by atoms with Gasteiger partial charge in [-0.05, 0) is 37.7 Å². The first kappa shape index (κ1) is 12.1. The van der Waals surface area contributed by atoms with E-state index in [-0.39, 0.29) is 11.9 Å². The van der Waals surface area contributed by atoms with Crippen molar-refractivity contribution >= 4 is 11.8 Å². The third-order valence-corrected chi connectivity index (χ3v) is 3.19. The van der Waals surface area contributed by atoms with Crippen LogP contribution in [-0.2, 0) is 0 Å². The van der Waals surface area contributed by atoms with Crippen LogP contribution in [0.5, 0.6) is 0 Å². The molecule has 1 aromatic carbocycles. The lowest BCUT2D eigenvalue weighted by atomic mass is 10.1. The predicted molar refractivity (Wildman–Crippen MR) is 64.2 cm³/mol. The molecule has 0 aliphatic heterocycles. The summed E-state index contributed by atoms with van der Waals surface area (Å²) in [5, 5.41) is 7.31. The maximum Gasteiger partial charge on any atom is 0.213 e. The van der Waals surface area contributed by atoms with Crippen molar-refractivity contribution in [3.8, 4) is 0 Å². The van der Waals surface area contributed by atoms with Gasteiger partial charge in [-0.25, -0.2) is 9.37 Å². The average molecular weight is 252 g/mol. The van der Waals surface area contributed by atoms with Gasteiger partial charge in [0.05, 0.1) is 0 Å². The molecule has 1 heterocycles. The molecule has 0 aliphatic carbocycles. The number of aryl methyl sites for hydroxylation is 1. The van der Waals surface area contributed by atoms with E-state index >= 15 is 0 Å². The number of aromatic amines is 1. The van der Waals surface area contributed by atoms with Gasteiger partial charge in [0, 0.05) is 16.5 Å². The van der Waals surface area contributed by atoms with Crippen LogP contribution in [-0.4, -0.2) is 15.2 Å². The zero-order chi connectivity index (χ0) is 12.4. The number of H-pyrrole nitrogens is 1. The van der Waals surface area contributed by atoms with E-state index in [0.29, 0.717) is 10.7 Å². The zero-order valence-corrected chi connectivity index (χ0v) is 10.4. The van der Waals surface area contributed by atoms with Crippen molar-refractivity contribution in [2.75, 3.05) is 0 Å². The minimum absolute atomic E-state index is 0.294. The maximum absolute atomic E-state index is 13.7. The summed E-state index contributed by atoms with van der Waals surface area (Å²) in [5.74, 6) is 0.434. The highest BCUT2D eigenvalue weighted by Crippen LogP contribution is 2.32. The standard InChI is InChI=1S/C11H13FN4S/c1-6(13)10-8(12)4-3-5-9(10)17-11-14-7(2)15-16-11/h3-6H,13H2,1-2H3,(H,14,15,16)/t6-/m0/s1. The van der Waals surface area contributed by atoms with Crippen molar-refractivity contribution < 1.29 is 4.39 Å². The highest BCUT2D eigenvalue weighted by molar-refractivity contribution is 7.99. The molecule has 0 amide bonds. The molecule has 2 rings (SSSR count). The van der Waals surface area contributed by atoms with Crippen LogP contribution in [0.2, 0.25) is 0 Å². The van der Waals surface area contributed by atoms with Crippen molar-refractivity contribution in [2.24, 2.45) is 5.73 Å². The number of hydrogen-bond donors (Lipinski definition) is 2. The maximum atomic E-state index is 13.7. The van der Waals surface area contributed by atoms with Gasteiger partial charge in [-0.2, -0.15) is 0 Å². The van der Waals surface area contributed by atoms with E-state index in [0.717, 1.165) is 10.7 Å². The van der Waals surface area contributed by atoms with Gasteiger partial charge in [-0.15, -0.1) is 5.10 Å². The number of nitrogens with one attached hydrogen (secondary N) is 1. The van der Waals surface area contributed by atoms with Gasteiger partial charge in [0.2, 0.25) is 5.16 Å². The van der Waals surface area contributed by atoms with Crippen molar-refractivity contribution in [1.82, 2.24) is 15.2 Å². The van der Waals surface area contributed by atoms with Crippen LogP contribution < -0.4 is 5.73 Å². The Labute approximate surface area is 103 Å². The molecule has 0 fully saturated rings. The number of benzene rings is 1. The summed E-state index contributed by atoms with van der Waals surface area (Å²) in [7, 11) is 0. The average Bonchev–Trinajstić information content (AvgIpc) is 2.63. The Balaban J connectivity index is 2.35. The van der Waals surface area contributed by atoms with Crippen molar-refractivity contribution in [3.63, 3.8) is 0 Å². The highest BCUT2D eigenvalue weighted by atomic mass is 32.2. The largest absolute Gasteiger partial charge is 0.324 e. The Kier molecular flexibility index (Phi) is 3.44. The topological polar surface area (TPSA) is 67.6 Å². The van der Waals surface area contributed by atoms with E-state index in [1.165, 1.54) is 17.8 Å². The van der Waals surface area contributed by atoms with Crippen molar-refractivity contribution in [2.45, 2.75) is 29.9 Å². The highest BCUT2D eigenvalue weighted by Gasteiger charge is 2.14. The molecule has 1 aromatic heterocycles. The van der Waals surface area contributed by atoms with Crippen LogP contribution in [0, 0.1) is 12.7 Å². The van der Waals surface area contributed by atoms with E-state index in [9.17, 15) is 4.39 Å². The molecule has 17 heavy (non-hydrogen) atoms. The first-order chi connectivity index (χ1) is 8.08. The molecule has 0 aliphatic rings. The SMILES string of the molecule is Cc1nc(Sc2cccc(F)c2[C@H](C)N)n[nH]1. The molecule has 0 unspecified atom stereocenters. The second-order valence-electron chi connectivity index (χ2n) is 3.75. The number of aromatic nitrogens is 3. The number of nitrogens with two attached hydrogens (primary N) is 1. The normalized spacial score (nSPS) is 12.7.